The maximum absolute atomic E-state index is 3.00. The smallest absolute Gasteiger partial charge is 0.0623 e. The quantitative estimate of drug-likeness (QED) is 0.494. The molecule has 2 heteroatoms. The highest BCUT2D eigenvalue weighted by molar-refractivity contribution is 4.99. The molecule has 0 heterocycles. The van der Waals surface area contributed by atoms with Crippen LogP contribution in [0.1, 0.15) is 0 Å². The van der Waals surface area contributed by atoms with Crippen molar-refractivity contribution in [2.24, 2.45) is 0 Å². The molecule has 0 aliphatic rings. The van der Waals surface area contributed by atoms with Crippen LogP contribution in [0, 0.1) is 0 Å². The van der Waals surface area contributed by atoms with Gasteiger partial charge in [-0.05, 0) is 0 Å². The fourth-order valence-corrected chi connectivity index (χ4v) is 0.385. The van der Waals surface area contributed by atoms with E-state index in [0.29, 0.717) is 0 Å². The third-order valence-corrected chi connectivity index (χ3v) is 0.667. The zero-order valence-electron chi connectivity index (χ0n) is 5.69. The van der Waals surface area contributed by atoms with Gasteiger partial charge in [-0.3, -0.25) is 9.41 Å². The van der Waals surface area contributed by atoms with Crippen LogP contribution in [0.4, 0.5) is 9.41 Å². The van der Waals surface area contributed by atoms with Gasteiger partial charge in [0.05, 0.1) is 0 Å². The van der Waals surface area contributed by atoms with Crippen molar-refractivity contribution >= 4 is 0 Å². The highest BCUT2D eigenvalue weighted by Gasteiger charge is 1.57. The van der Waals surface area contributed by atoms with Gasteiger partial charge in [-0.15, -0.1) is 13.2 Å². The molecule has 0 radical (unpaired) electrons. The lowest BCUT2D eigenvalue weighted by Crippen LogP contribution is -1.47. The predicted octanol–water partition coefficient (Wildman–Crippen LogP) is 2.79. The third kappa shape index (κ3) is 9.94. The third-order valence-electron chi connectivity index (χ3n) is 0.667. The maximum Gasteiger partial charge on any atom is -0.0623 e. The minimum atomic E-state index is 0. The molecule has 0 saturated heterocycles. The Hall–Kier alpha value is -1.18. The molecule has 1 aromatic carbocycles. The van der Waals surface area contributed by atoms with Crippen LogP contribution >= 0.6 is 0 Å². The minimum Gasteiger partial charge on any atom is -0.269 e. The van der Waals surface area contributed by atoms with Crippen molar-refractivity contribution in [2.75, 3.05) is 0 Å². The second-order valence-corrected chi connectivity index (χ2v) is 1.15. The molecule has 0 N–H and O–H groups in total. The average Bonchev–Trinajstić information content (AvgIpc) is 1.96. The highest BCUT2D eigenvalue weighted by Crippen LogP contribution is 1.79. The molecule has 1 aromatic rings. The molecule has 0 saturated carbocycles. The maximum atomic E-state index is 3.00. The van der Waals surface area contributed by atoms with Gasteiger partial charge in [-0.25, -0.2) is 0 Å². The van der Waals surface area contributed by atoms with Crippen LogP contribution in [0.2, 0.25) is 0 Å². The Kier molecular flexibility index (Phi) is 24.9. The topological polar surface area (TPSA) is 0 Å². The van der Waals surface area contributed by atoms with E-state index in [1.165, 1.54) is 0 Å². The Bertz CT molecular complexity index is 90.1. The Labute approximate surface area is 59.9 Å². The molecule has 0 aliphatic heterocycles. The van der Waals surface area contributed by atoms with Gasteiger partial charge in [0, 0.05) is 0 Å². The monoisotopic (exact) mass is 146 g/mol. The molecular weight excluding hydrogens is 134 g/mol. The summed E-state index contributed by atoms with van der Waals surface area (Å²) in [4.78, 5) is 0. The van der Waals surface area contributed by atoms with Crippen molar-refractivity contribution in [3.8, 4) is 0 Å². The van der Waals surface area contributed by atoms with Crippen LogP contribution in [0.5, 0.6) is 0 Å². The lowest BCUT2D eigenvalue weighted by atomic mass is 10.4. The molecule has 58 valence electrons. The molecule has 0 atom stereocenters. The molecule has 0 amide bonds. The Morgan fingerprint density at radius 1 is 0.500 bits per heavy atom. The SMILES string of the molecule is C=C.F.F.c1ccccc1. The zero-order chi connectivity index (χ0) is 6.24. The summed E-state index contributed by atoms with van der Waals surface area (Å²) in [6, 6.07) is 12.0. The summed E-state index contributed by atoms with van der Waals surface area (Å²) < 4.78 is 0. The summed E-state index contributed by atoms with van der Waals surface area (Å²) in [5, 5.41) is 0. The van der Waals surface area contributed by atoms with Gasteiger partial charge in [-0.2, -0.15) is 0 Å². The van der Waals surface area contributed by atoms with Crippen LogP contribution < -0.4 is 0 Å². The lowest BCUT2D eigenvalue weighted by molar-refractivity contribution is 1.11. The van der Waals surface area contributed by atoms with E-state index in [0.717, 1.165) is 0 Å². The predicted molar refractivity (Wildman–Crippen MR) is 42.7 cm³/mol. The molecule has 0 spiro atoms. The first-order valence-corrected chi connectivity index (χ1v) is 2.50. The fraction of sp³-hybridized carbons (Fsp3) is 0. The molecule has 1 rings (SSSR count). The van der Waals surface area contributed by atoms with E-state index in [1.807, 2.05) is 36.4 Å². The second kappa shape index (κ2) is 15.7. The van der Waals surface area contributed by atoms with Gasteiger partial charge >= 0.3 is 0 Å². The molecule has 0 nitrogen and oxygen atoms in total. The van der Waals surface area contributed by atoms with Crippen LogP contribution in [0.15, 0.2) is 49.6 Å². The summed E-state index contributed by atoms with van der Waals surface area (Å²) >= 11 is 0. The lowest BCUT2D eigenvalue weighted by Gasteiger charge is -1.69. The van der Waals surface area contributed by atoms with Gasteiger partial charge in [0.2, 0.25) is 0 Å². The van der Waals surface area contributed by atoms with E-state index in [-0.39, 0.29) is 9.41 Å². The van der Waals surface area contributed by atoms with Crippen molar-refractivity contribution < 1.29 is 9.41 Å². The van der Waals surface area contributed by atoms with Crippen molar-refractivity contribution in [1.29, 1.82) is 0 Å². The van der Waals surface area contributed by atoms with E-state index in [4.69, 9.17) is 0 Å². The van der Waals surface area contributed by atoms with Crippen molar-refractivity contribution in [3.63, 3.8) is 0 Å². The fourth-order valence-electron chi connectivity index (χ4n) is 0.385. The Morgan fingerprint density at radius 3 is 0.700 bits per heavy atom. The van der Waals surface area contributed by atoms with Crippen molar-refractivity contribution in [2.45, 2.75) is 0 Å². The largest absolute Gasteiger partial charge is 0.269 e. The zero-order valence-corrected chi connectivity index (χ0v) is 5.69. The number of hydrogen-bond donors (Lipinski definition) is 0. The van der Waals surface area contributed by atoms with Crippen molar-refractivity contribution in [3.05, 3.63) is 49.6 Å². The first-order chi connectivity index (χ1) is 4.00. The molecule has 0 unspecified atom stereocenters. The summed E-state index contributed by atoms with van der Waals surface area (Å²) in [6.45, 7) is 6.00. The second-order valence-electron chi connectivity index (χ2n) is 1.15. The van der Waals surface area contributed by atoms with Crippen LogP contribution in [-0.2, 0) is 0 Å². The average molecular weight is 146 g/mol. The number of hydrogen-bond acceptors (Lipinski definition) is 0. The summed E-state index contributed by atoms with van der Waals surface area (Å²) in [7, 11) is 0. The first-order valence-electron chi connectivity index (χ1n) is 2.50. The van der Waals surface area contributed by atoms with Crippen LogP contribution in [0.25, 0.3) is 0 Å². The van der Waals surface area contributed by atoms with E-state index in [9.17, 15) is 0 Å². The number of rotatable bonds is 0. The standard InChI is InChI=1S/C6H6.C2H4.2FH/c1-2-4-6-5-3-1;1-2;;/h1-6H;1-2H2;2*1H. The molecule has 0 bridgehead atoms. The Balaban J connectivity index is -0.000000114. The molecule has 0 fully saturated rings. The summed E-state index contributed by atoms with van der Waals surface area (Å²) in [5.74, 6) is 0. The summed E-state index contributed by atoms with van der Waals surface area (Å²) in [5.41, 5.74) is 0. The Morgan fingerprint density at radius 2 is 0.600 bits per heavy atom. The van der Waals surface area contributed by atoms with Gasteiger partial charge in [0.25, 0.3) is 0 Å². The molecule has 0 aliphatic carbocycles. The first kappa shape index (κ1) is 15.9. The number of benzene rings is 1. The molecular formula is C8H12F2. The van der Waals surface area contributed by atoms with Gasteiger partial charge in [0.1, 0.15) is 0 Å². The number of halogens is 2. The normalized spacial score (nSPS) is 5.20. The van der Waals surface area contributed by atoms with E-state index in [1.54, 1.807) is 0 Å². The van der Waals surface area contributed by atoms with Gasteiger partial charge < -0.3 is 0 Å². The van der Waals surface area contributed by atoms with Gasteiger partial charge in [0.15, 0.2) is 0 Å². The minimum absolute atomic E-state index is 0. The van der Waals surface area contributed by atoms with Crippen LogP contribution in [0.3, 0.4) is 0 Å². The molecule has 10 heavy (non-hydrogen) atoms. The van der Waals surface area contributed by atoms with Gasteiger partial charge in [-0.1, -0.05) is 36.4 Å². The summed E-state index contributed by atoms with van der Waals surface area (Å²) in [6.07, 6.45) is 0. The van der Waals surface area contributed by atoms with E-state index >= 15 is 0 Å². The molecule has 0 aromatic heterocycles. The van der Waals surface area contributed by atoms with E-state index < -0.39 is 0 Å². The highest BCUT2D eigenvalue weighted by atomic mass is 19.0. The van der Waals surface area contributed by atoms with Crippen molar-refractivity contribution in [1.82, 2.24) is 0 Å². The van der Waals surface area contributed by atoms with E-state index in [2.05, 4.69) is 13.2 Å². The van der Waals surface area contributed by atoms with Crippen LogP contribution in [-0.4, -0.2) is 0 Å².